The standard InChI is InChI=1S/C17H22ClN5/c1-23-11-3-6-15(23)7-9-19-16-8-10-20-17(22-16)21-14-5-2-4-13(18)12-14/h2,4-5,8,10,12,15H,3,6-7,9,11H2,1H3,(H2,19,20,21,22). The molecule has 2 N–H and O–H groups in total. The molecular formula is C17H22ClN5. The van der Waals surface area contributed by atoms with E-state index < -0.39 is 0 Å². The fourth-order valence-corrected chi connectivity index (χ4v) is 3.11. The summed E-state index contributed by atoms with van der Waals surface area (Å²) < 4.78 is 0. The van der Waals surface area contributed by atoms with Crippen molar-refractivity contribution in [2.45, 2.75) is 25.3 Å². The normalized spacial score (nSPS) is 18.1. The lowest BCUT2D eigenvalue weighted by atomic mass is 10.1. The maximum Gasteiger partial charge on any atom is 0.229 e. The molecule has 0 spiro atoms. The van der Waals surface area contributed by atoms with Crippen molar-refractivity contribution in [3.8, 4) is 0 Å². The molecule has 122 valence electrons. The highest BCUT2D eigenvalue weighted by Gasteiger charge is 2.19. The van der Waals surface area contributed by atoms with Gasteiger partial charge in [-0.05, 0) is 57.1 Å². The molecule has 1 saturated heterocycles. The van der Waals surface area contributed by atoms with Crippen molar-refractivity contribution in [2.75, 3.05) is 30.8 Å². The van der Waals surface area contributed by atoms with Gasteiger partial charge in [-0.15, -0.1) is 0 Å². The lowest BCUT2D eigenvalue weighted by molar-refractivity contribution is 0.301. The van der Waals surface area contributed by atoms with Crippen LogP contribution in [0.25, 0.3) is 0 Å². The van der Waals surface area contributed by atoms with Crippen molar-refractivity contribution in [2.24, 2.45) is 0 Å². The second-order valence-electron chi connectivity index (χ2n) is 5.89. The van der Waals surface area contributed by atoms with Gasteiger partial charge in [0.2, 0.25) is 5.95 Å². The van der Waals surface area contributed by atoms with Crippen LogP contribution in [0.4, 0.5) is 17.5 Å². The summed E-state index contributed by atoms with van der Waals surface area (Å²) in [5.74, 6) is 1.40. The van der Waals surface area contributed by atoms with Crippen LogP contribution in [0, 0.1) is 0 Å². The number of rotatable bonds is 6. The largest absolute Gasteiger partial charge is 0.370 e. The number of nitrogens with zero attached hydrogens (tertiary/aromatic N) is 3. The van der Waals surface area contributed by atoms with Gasteiger partial charge in [0, 0.05) is 29.5 Å². The van der Waals surface area contributed by atoms with Crippen molar-refractivity contribution < 1.29 is 0 Å². The van der Waals surface area contributed by atoms with Gasteiger partial charge < -0.3 is 15.5 Å². The van der Waals surface area contributed by atoms with Crippen molar-refractivity contribution in [3.63, 3.8) is 0 Å². The Labute approximate surface area is 142 Å². The van der Waals surface area contributed by atoms with Crippen LogP contribution >= 0.6 is 11.6 Å². The van der Waals surface area contributed by atoms with E-state index in [9.17, 15) is 0 Å². The Kier molecular flexibility index (Phi) is 5.31. The number of hydrogen-bond acceptors (Lipinski definition) is 5. The van der Waals surface area contributed by atoms with E-state index in [-0.39, 0.29) is 0 Å². The molecule has 1 atom stereocenters. The zero-order valence-electron chi connectivity index (χ0n) is 13.3. The second kappa shape index (κ2) is 7.62. The number of aromatic nitrogens is 2. The summed E-state index contributed by atoms with van der Waals surface area (Å²) in [4.78, 5) is 11.2. The first-order valence-electron chi connectivity index (χ1n) is 8.00. The highest BCUT2D eigenvalue weighted by atomic mass is 35.5. The molecule has 5 nitrogen and oxygen atoms in total. The molecule has 23 heavy (non-hydrogen) atoms. The molecule has 2 heterocycles. The Morgan fingerprint density at radius 2 is 2.26 bits per heavy atom. The minimum absolute atomic E-state index is 0.565. The Morgan fingerprint density at radius 1 is 1.35 bits per heavy atom. The van der Waals surface area contributed by atoms with E-state index in [4.69, 9.17) is 11.6 Å². The molecule has 6 heteroatoms. The molecule has 1 aliphatic heterocycles. The monoisotopic (exact) mass is 331 g/mol. The van der Waals surface area contributed by atoms with Crippen LogP contribution < -0.4 is 10.6 Å². The van der Waals surface area contributed by atoms with Gasteiger partial charge in [0.05, 0.1) is 0 Å². The first-order valence-corrected chi connectivity index (χ1v) is 8.38. The van der Waals surface area contributed by atoms with Gasteiger partial charge in [0.25, 0.3) is 0 Å². The average Bonchev–Trinajstić information content (AvgIpc) is 2.93. The topological polar surface area (TPSA) is 53.1 Å². The minimum Gasteiger partial charge on any atom is -0.370 e. The predicted octanol–water partition coefficient (Wildman–Crippen LogP) is 3.77. The number of nitrogens with one attached hydrogen (secondary N) is 2. The van der Waals surface area contributed by atoms with Gasteiger partial charge in [-0.1, -0.05) is 17.7 Å². The van der Waals surface area contributed by atoms with E-state index in [0.29, 0.717) is 17.0 Å². The van der Waals surface area contributed by atoms with E-state index in [1.54, 1.807) is 6.20 Å². The average molecular weight is 332 g/mol. The Morgan fingerprint density at radius 3 is 3.04 bits per heavy atom. The zero-order chi connectivity index (χ0) is 16.1. The third-order valence-corrected chi connectivity index (χ3v) is 4.43. The smallest absolute Gasteiger partial charge is 0.229 e. The minimum atomic E-state index is 0.565. The molecule has 0 bridgehead atoms. The predicted molar refractivity (Wildman–Crippen MR) is 95.5 cm³/mol. The fraction of sp³-hybridized carbons (Fsp3) is 0.412. The Bertz CT molecular complexity index is 648. The van der Waals surface area contributed by atoms with Crippen molar-refractivity contribution in [1.29, 1.82) is 0 Å². The van der Waals surface area contributed by atoms with Crippen molar-refractivity contribution >= 4 is 29.1 Å². The molecular weight excluding hydrogens is 310 g/mol. The summed E-state index contributed by atoms with van der Waals surface area (Å²) in [5.41, 5.74) is 0.877. The molecule has 3 rings (SSSR count). The summed E-state index contributed by atoms with van der Waals surface area (Å²) >= 11 is 5.99. The lowest BCUT2D eigenvalue weighted by Gasteiger charge is -2.19. The molecule has 1 fully saturated rings. The third kappa shape index (κ3) is 4.56. The molecule has 0 saturated carbocycles. The summed E-state index contributed by atoms with van der Waals surface area (Å²) in [7, 11) is 2.20. The number of anilines is 3. The highest BCUT2D eigenvalue weighted by Crippen LogP contribution is 2.19. The number of likely N-dealkylation sites (tertiary alicyclic amines) is 1. The van der Waals surface area contributed by atoms with E-state index in [1.165, 1.54) is 19.4 Å². The highest BCUT2D eigenvalue weighted by molar-refractivity contribution is 6.30. The van der Waals surface area contributed by atoms with Crippen LogP contribution in [-0.4, -0.2) is 41.0 Å². The quantitative estimate of drug-likeness (QED) is 0.844. The molecule has 0 amide bonds. The van der Waals surface area contributed by atoms with E-state index in [2.05, 4.69) is 32.5 Å². The number of hydrogen-bond donors (Lipinski definition) is 2. The first-order chi connectivity index (χ1) is 11.2. The lowest BCUT2D eigenvalue weighted by Crippen LogP contribution is -2.27. The molecule has 1 unspecified atom stereocenters. The molecule has 0 radical (unpaired) electrons. The number of halogens is 1. The van der Waals surface area contributed by atoms with Gasteiger partial charge in [0.1, 0.15) is 5.82 Å². The van der Waals surface area contributed by atoms with Crippen LogP contribution in [0.5, 0.6) is 0 Å². The van der Waals surface area contributed by atoms with Crippen LogP contribution in [0.3, 0.4) is 0 Å². The van der Waals surface area contributed by atoms with Crippen LogP contribution in [0.2, 0.25) is 5.02 Å². The van der Waals surface area contributed by atoms with E-state index in [1.807, 2.05) is 30.3 Å². The SMILES string of the molecule is CN1CCCC1CCNc1ccnc(Nc2cccc(Cl)c2)n1. The van der Waals surface area contributed by atoms with Gasteiger partial charge in [-0.25, -0.2) is 4.98 Å². The summed E-state index contributed by atoms with van der Waals surface area (Å²) in [5, 5.41) is 7.24. The van der Waals surface area contributed by atoms with E-state index >= 15 is 0 Å². The van der Waals surface area contributed by atoms with Crippen LogP contribution in [0.1, 0.15) is 19.3 Å². The van der Waals surface area contributed by atoms with E-state index in [0.717, 1.165) is 24.5 Å². The fourth-order valence-electron chi connectivity index (χ4n) is 2.92. The molecule has 1 aliphatic rings. The molecule has 1 aromatic carbocycles. The molecule has 0 aliphatic carbocycles. The maximum absolute atomic E-state index is 5.99. The summed E-state index contributed by atoms with van der Waals surface area (Å²) in [6.45, 7) is 2.13. The first kappa shape index (κ1) is 16.0. The third-order valence-electron chi connectivity index (χ3n) is 4.19. The van der Waals surface area contributed by atoms with Gasteiger partial charge in [-0.2, -0.15) is 4.98 Å². The number of benzene rings is 1. The molecule has 2 aromatic rings. The van der Waals surface area contributed by atoms with Gasteiger partial charge >= 0.3 is 0 Å². The van der Waals surface area contributed by atoms with Crippen LogP contribution in [0.15, 0.2) is 36.5 Å². The maximum atomic E-state index is 5.99. The van der Waals surface area contributed by atoms with Crippen LogP contribution in [-0.2, 0) is 0 Å². The Balaban J connectivity index is 1.54. The summed E-state index contributed by atoms with van der Waals surface area (Å²) in [6.07, 6.45) is 5.49. The van der Waals surface area contributed by atoms with Crippen molar-refractivity contribution in [3.05, 3.63) is 41.6 Å². The Hall–Kier alpha value is -1.85. The second-order valence-corrected chi connectivity index (χ2v) is 6.33. The molecule has 1 aromatic heterocycles. The summed E-state index contributed by atoms with van der Waals surface area (Å²) in [6, 6.07) is 10.1. The van der Waals surface area contributed by atoms with Gasteiger partial charge in [0.15, 0.2) is 0 Å². The zero-order valence-corrected chi connectivity index (χ0v) is 14.1. The van der Waals surface area contributed by atoms with Crippen molar-refractivity contribution in [1.82, 2.24) is 14.9 Å². The van der Waals surface area contributed by atoms with Gasteiger partial charge in [-0.3, -0.25) is 0 Å².